The predicted molar refractivity (Wildman–Crippen MR) is 92.3 cm³/mol. The molecule has 0 N–H and O–H groups in total. The summed E-state index contributed by atoms with van der Waals surface area (Å²) in [4.78, 5) is 18.1. The summed E-state index contributed by atoms with van der Waals surface area (Å²) >= 11 is 6.24. The molecule has 1 aliphatic carbocycles. The fourth-order valence-corrected chi connectivity index (χ4v) is 3.72. The zero-order valence-corrected chi connectivity index (χ0v) is 14.6. The van der Waals surface area contributed by atoms with E-state index in [1.54, 1.807) is 18.2 Å². The van der Waals surface area contributed by atoms with E-state index >= 15 is 0 Å². The predicted octanol–water partition coefficient (Wildman–Crippen LogP) is 4.50. The number of nitrogens with zero attached hydrogens (tertiary/aromatic N) is 4. The number of alkyl halides is 3. The molecule has 138 valence electrons. The number of carbonyl (C=O) groups is 1. The highest BCUT2D eigenvalue weighted by Gasteiger charge is 2.42. The van der Waals surface area contributed by atoms with Crippen LogP contribution in [0.15, 0.2) is 30.3 Å². The number of halogens is 4. The van der Waals surface area contributed by atoms with Crippen molar-refractivity contribution >= 4 is 34.7 Å². The van der Waals surface area contributed by atoms with Crippen LogP contribution in [0.25, 0.3) is 5.65 Å². The van der Waals surface area contributed by atoms with E-state index in [-0.39, 0.29) is 34.5 Å². The van der Waals surface area contributed by atoms with E-state index in [1.165, 1.54) is 6.07 Å². The average molecular weight is 393 g/mol. The second-order valence-electron chi connectivity index (χ2n) is 6.74. The molecule has 0 radical (unpaired) electrons. The Morgan fingerprint density at radius 1 is 1.15 bits per heavy atom. The van der Waals surface area contributed by atoms with Crippen molar-refractivity contribution in [3.63, 3.8) is 0 Å². The molecular weight excluding hydrogens is 381 g/mol. The van der Waals surface area contributed by atoms with Gasteiger partial charge in [0.15, 0.2) is 17.3 Å². The molecule has 1 aromatic carbocycles. The molecule has 9 heteroatoms. The van der Waals surface area contributed by atoms with Gasteiger partial charge in [-0.2, -0.15) is 17.7 Å². The Morgan fingerprint density at radius 2 is 1.93 bits per heavy atom. The van der Waals surface area contributed by atoms with Crippen LogP contribution in [0, 0.1) is 0 Å². The van der Waals surface area contributed by atoms with Crippen molar-refractivity contribution in [1.82, 2.24) is 14.6 Å². The van der Waals surface area contributed by atoms with Crippen LogP contribution in [-0.4, -0.2) is 20.5 Å². The molecular formula is C18H12ClF3N4O. The van der Waals surface area contributed by atoms with Crippen molar-refractivity contribution in [3.8, 4) is 0 Å². The Balaban J connectivity index is 1.82. The third-order valence-electron chi connectivity index (χ3n) is 4.83. The van der Waals surface area contributed by atoms with Gasteiger partial charge < -0.3 is 0 Å². The van der Waals surface area contributed by atoms with Crippen LogP contribution in [0.1, 0.15) is 35.7 Å². The van der Waals surface area contributed by atoms with Crippen molar-refractivity contribution in [3.05, 3.63) is 52.3 Å². The summed E-state index contributed by atoms with van der Waals surface area (Å²) in [6.45, 7) is 0. The molecule has 5 nitrogen and oxygen atoms in total. The van der Waals surface area contributed by atoms with Crippen LogP contribution < -0.4 is 4.90 Å². The first-order valence-corrected chi connectivity index (χ1v) is 8.79. The highest BCUT2D eigenvalue weighted by atomic mass is 35.5. The summed E-state index contributed by atoms with van der Waals surface area (Å²) in [7, 11) is 0. The molecule has 5 rings (SSSR count). The van der Waals surface area contributed by atoms with Crippen molar-refractivity contribution in [2.45, 2.75) is 31.4 Å². The molecule has 2 aliphatic rings. The number of para-hydroxylation sites is 1. The zero-order valence-electron chi connectivity index (χ0n) is 13.8. The van der Waals surface area contributed by atoms with Gasteiger partial charge in [0.2, 0.25) is 5.91 Å². The Labute approximate surface area is 156 Å². The second-order valence-corrected chi connectivity index (χ2v) is 7.14. The Kier molecular flexibility index (Phi) is 3.34. The Morgan fingerprint density at radius 3 is 2.63 bits per heavy atom. The average Bonchev–Trinajstić information content (AvgIpc) is 3.26. The number of fused-ring (bicyclic) bond motifs is 2. The highest BCUT2D eigenvalue weighted by Crippen LogP contribution is 2.46. The summed E-state index contributed by atoms with van der Waals surface area (Å²) in [6.07, 6.45) is -2.86. The lowest BCUT2D eigenvalue weighted by molar-refractivity contribution is -0.137. The minimum absolute atomic E-state index is 0.0201. The number of amides is 1. The molecule has 3 aromatic rings. The van der Waals surface area contributed by atoms with Gasteiger partial charge in [-0.3, -0.25) is 9.69 Å². The van der Waals surface area contributed by atoms with Crippen molar-refractivity contribution in [1.29, 1.82) is 0 Å². The van der Waals surface area contributed by atoms with Crippen molar-refractivity contribution in [2.75, 3.05) is 4.90 Å². The smallest absolute Gasteiger partial charge is 0.274 e. The molecule has 2 aromatic heterocycles. The van der Waals surface area contributed by atoms with E-state index < -0.39 is 17.6 Å². The van der Waals surface area contributed by atoms with Crippen LogP contribution in [0.4, 0.5) is 24.7 Å². The fourth-order valence-electron chi connectivity index (χ4n) is 3.45. The number of hydrogen-bond donors (Lipinski definition) is 0. The quantitative estimate of drug-likeness (QED) is 0.645. The number of hydrogen-bond acceptors (Lipinski definition) is 3. The lowest BCUT2D eigenvalue weighted by atomic mass is 10.1. The van der Waals surface area contributed by atoms with Gasteiger partial charge in [-0.05, 0) is 36.6 Å². The molecule has 0 spiro atoms. The number of anilines is 2. The first-order valence-electron chi connectivity index (χ1n) is 8.42. The third-order valence-corrected chi connectivity index (χ3v) is 5.14. The molecule has 0 atom stereocenters. The molecule has 1 aliphatic heterocycles. The van der Waals surface area contributed by atoms with Gasteiger partial charge in [-0.25, -0.2) is 4.98 Å². The summed E-state index contributed by atoms with van der Waals surface area (Å²) in [5.74, 6) is -0.185. The van der Waals surface area contributed by atoms with E-state index in [9.17, 15) is 18.0 Å². The summed E-state index contributed by atoms with van der Waals surface area (Å²) in [5.41, 5.74) is 0.169. The molecule has 0 unspecified atom stereocenters. The number of rotatable bonds is 2. The molecule has 3 heterocycles. The number of benzene rings is 1. The molecule has 0 saturated heterocycles. The normalized spacial score (nSPS) is 17.0. The SMILES string of the molecule is O=C1Cc2cccc(Cl)c2N1c1c(C(F)(F)F)ccc2nc(C3CC3)nn12. The zero-order chi connectivity index (χ0) is 18.9. The number of aromatic nitrogens is 3. The van der Waals surface area contributed by atoms with Gasteiger partial charge in [0.05, 0.1) is 22.7 Å². The number of carbonyl (C=O) groups excluding carboxylic acids is 1. The molecule has 1 saturated carbocycles. The van der Waals surface area contributed by atoms with Crippen molar-refractivity contribution < 1.29 is 18.0 Å². The minimum atomic E-state index is -4.67. The molecule has 1 fully saturated rings. The fraction of sp³-hybridized carbons (Fsp3) is 0.278. The monoisotopic (exact) mass is 392 g/mol. The van der Waals surface area contributed by atoms with Crippen LogP contribution in [0.3, 0.4) is 0 Å². The maximum absolute atomic E-state index is 13.8. The van der Waals surface area contributed by atoms with E-state index in [0.29, 0.717) is 11.4 Å². The van der Waals surface area contributed by atoms with Gasteiger partial charge in [0.1, 0.15) is 0 Å². The van der Waals surface area contributed by atoms with E-state index in [2.05, 4.69) is 10.1 Å². The molecule has 0 bridgehead atoms. The summed E-state index contributed by atoms with van der Waals surface area (Å²) < 4.78 is 42.5. The van der Waals surface area contributed by atoms with E-state index in [1.807, 2.05) is 0 Å². The first-order chi connectivity index (χ1) is 12.8. The Hall–Kier alpha value is -2.61. The largest absolute Gasteiger partial charge is 0.419 e. The second kappa shape index (κ2) is 5.45. The standard InChI is InChI=1S/C18H12ClF3N4O/c19-12-3-1-2-10-8-14(27)25(15(10)12)17-11(18(20,21)22)6-7-13-23-16(9-4-5-9)24-26(13)17/h1-3,6-7,9H,4-5,8H2. The van der Waals surface area contributed by atoms with Crippen LogP contribution in [0.5, 0.6) is 0 Å². The highest BCUT2D eigenvalue weighted by molar-refractivity contribution is 6.35. The number of pyridine rings is 1. The van der Waals surface area contributed by atoms with Gasteiger partial charge in [-0.15, -0.1) is 5.10 Å². The van der Waals surface area contributed by atoms with Crippen LogP contribution >= 0.6 is 11.6 Å². The lowest BCUT2D eigenvalue weighted by Gasteiger charge is -2.23. The van der Waals surface area contributed by atoms with E-state index in [0.717, 1.165) is 28.3 Å². The maximum Gasteiger partial charge on any atom is 0.419 e. The van der Waals surface area contributed by atoms with Gasteiger partial charge >= 0.3 is 6.18 Å². The summed E-state index contributed by atoms with van der Waals surface area (Å²) in [5, 5.41) is 4.51. The molecule has 27 heavy (non-hydrogen) atoms. The van der Waals surface area contributed by atoms with Crippen LogP contribution in [0.2, 0.25) is 5.02 Å². The van der Waals surface area contributed by atoms with Gasteiger partial charge in [0, 0.05) is 5.92 Å². The van der Waals surface area contributed by atoms with Gasteiger partial charge in [-0.1, -0.05) is 23.7 Å². The first kappa shape index (κ1) is 16.6. The topological polar surface area (TPSA) is 50.5 Å². The van der Waals surface area contributed by atoms with Crippen molar-refractivity contribution in [2.24, 2.45) is 0 Å². The minimum Gasteiger partial charge on any atom is -0.274 e. The van der Waals surface area contributed by atoms with E-state index in [4.69, 9.17) is 11.6 Å². The van der Waals surface area contributed by atoms with Gasteiger partial charge in [0.25, 0.3) is 0 Å². The Bertz CT molecular complexity index is 1100. The maximum atomic E-state index is 13.8. The summed E-state index contributed by atoms with van der Waals surface area (Å²) in [6, 6.07) is 7.13. The lowest BCUT2D eigenvalue weighted by Crippen LogP contribution is -2.27. The van der Waals surface area contributed by atoms with Crippen LogP contribution in [-0.2, 0) is 17.4 Å². The molecule has 1 amide bonds. The third kappa shape index (κ3) is 2.50.